The van der Waals surface area contributed by atoms with E-state index in [9.17, 15) is 4.79 Å². The summed E-state index contributed by atoms with van der Waals surface area (Å²) in [5.41, 5.74) is 5.34. The quantitative estimate of drug-likeness (QED) is 0.445. The third kappa shape index (κ3) is 5.56. The zero-order valence-electron chi connectivity index (χ0n) is 6.30. The molecule has 1 atom stereocenters. The molecule has 10 heavy (non-hydrogen) atoms. The van der Waals surface area contributed by atoms with Gasteiger partial charge in [-0.1, -0.05) is 19.8 Å². The molecule has 59 valence electrons. The highest BCUT2D eigenvalue weighted by atomic mass is 16.5. The first-order valence-corrected chi connectivity index (χ1v) is 3.59. The van der Waals surface area contributed by atoms with Crippen molar-refractivity contribution < 1.29 is 9.53 Å². The van der Waals surface area contributed by atoms with Crippen LogP contribution in [0.4, 0.5) is 0 Å². The Morgan fingerprint density at radius 3 is 2.80 bits per heavy atom. The number of hydrogen-bond donors (Lipinski definition) is 1. The van der Waals surface area contributed by atoms with Gasteiger partial charge in [-0.05, 0) is 12.8 Å². The van der Waals surface area contributed by atoms with E-state index in [2.05, 4.69) is 11.7 Å². The molecule has 3 nitrogen and oxygen atoms in total. The Bertz CT molecular complexity index is 85.7. The molecule has 0 bridgehead atoms. The topological polar surface area (TPSA) is 52.3 Å². The van der Waals surface area contributed by atoms with Crippen LogP contribution in [0.1, 0.15) is 32.6 Å². The average molecular weight is 144 g/mol. The van der Waals surface area contributed by atoms with Crippen LogP contribution in [0.2, 0.25) is 0 Å². The van der Waals surface area contributed by atoms with Crippen molar-refractivity contribution in [2.24, 2.45) is 5.73 Å². The van der Waals surface area contributed by atoms with Gasteiger partial charge in [0.15, 0.2) is 6.23 Å². The van der Waals surface area contributed by atoms with Crippen molar-refractivity contribution in [2.45, 2.75) is 38.8 Å². The van der Waals surface area contributed by atoms with Crippen LogP contribution in [0.5, 0.6) is 0 Å². The van der Waals surface area contributed by atoms with Crippen LogP contribution >= 0.6 is 0 Å². The third-order valence-corrected chi connectivity index (χ3v) is 1.29. The van der Waals surface area contributed by atoms with Gasteiger partial charge in [-0.25, -0.2) is 4.79 Å². The SMILES string of the molecule is CCCCCC(N)O[C]=O. The normalized spacial score (nSPS) is 12.6. The van der Waals surface area contributed by atoms with E-state index in [0.717, 1.165) is 25.7 Å². The highest BCUT2D eigenvalue weighted by Crippen LogP contribution is 2.01. The van der Waals surface area contributed by atoms with Crippen LogP contribution in [0.25, 0.3) is 0 Å². The summed E-state index contributed by atoms with van der Waals surface area (Å²) < 4.78 is 4.36. The van der Waals surface area contributed by atoms with Gasteiger partial charge < -0.3 is 4.74 Å². The van der Waals surface area contributed by atoms with Crippen LogP contribution in [-0.2, 0) is 9.53 Å². The summed E-state index contributed by atoms with van der Waals surface area (Å²) in [6.45, 7) is 3.43. The lowest BCUT2D eigenvalue weighted by Crippen LogP contribution is -2.22. The molecule has 0 aliphatic carbocycles. The standard InChI is InChI=1S/C7H14NO2/c1-2-3-4-5-7(8)10-6-9/h7H,2-5,8H2,1H3. The van der Waals surface area contributed by atoms with E-state index in [1.54, 1.807) is 0 Å². The van der Waals surface area contributed by atoms with Crippen molar-refractivity contribution in [3.8, 4) is 0 Å². The molecular weight excluding hydrogens is 130 g/mol. The smallest absolute Gasteiger partial charge is 0.419 e. The van der Waals surface area contributed by atoms with Gasteiger partial charge >= 0.3 is 6.47 Å². The van der Waals surface area contributed by atoms with Gasteiger partial charge in [-0.2, -0.15) is 0 Å². The lowest BCUT2D eigenvalue weighted by atomic mass is 10.2. The molecule has 0 saturated carbocycles. The van der Waals surface area contributed by atoms with Gasteiger partial charge in [0.05, 0.1) is 0 Å². The van der Waals surface area contributed by atoms with E-state index in [0.29, 0.717) is 0 Å². The minimum absolute atomic E-state index is 0.455. The summed E-state index contributed by atoms with van der Waals surface area (Å²) in [4.78, 5) is 9.62. The number of nitrogens with two attached hydrogens (primary N) is 1. The molecule has 0 heterocycles. The molecule has 0 aliphatic rings. The maximum atomic E-state index is 9.62. The minimum atomic E-state index is -0.455. The monoisotopic (exact) mass is 144 g/mol. The molecule has 0 saturated heterocycles. The number of hydrogen-bond acceptors (Lipinski definition) is 3. The molecule has 1 radical (unpaired) electrons. The largest absolute Gasteiger partial charge is 0.438 e. The van der Waals surface area contributed by atoms with E-state index in [-0.39, 0.29) is 0 Å². The minimum Gasteiger partial charge on any atom is -0.438 e. The van der Waals surface area contributed by atoms with Crippen LogP contribution in [0.3, 0.4) is 0 Å². The highest BCUT2D eigenvalue weighted by molar-refractivity contribution is 5.38. The molecule has 0 fully saturated rings. The van der Waals surface area contributed by atoms with Gasteiger partial charge in [-0.3, -0.25) is 5.73 Å². The predicted octanol–water partition coefficient (Wildman–Crippen LogP) is 0.935. The van der Waals surface area contributed by atoms with E-state index >= 15 is 0 Å². The van der Waals surface area contributed by atoms with Crippen molar-refractivity contribution >= 4 is 6.47 Å². The Kier molecular flexibility index (Phi) is 6.18. The van der Waals surface area contributed by atoms with Gasteiger partial charge in [0, 0.05) is 0 Å². The van der Waals surface area contributed by atoms with Crippen molar-refractivity contribution in [3.05, 3.63) is 0 Å². The Labute approximate surface area is 61.5 Å². The van der Waals surface area contributed by atoms with Crippen molar-refractivity contribution in [3.63, 3.8) is 0 Å². The number of rotatable bonds is 6. The van der Waals surface area contributed by atoms with Gasteiger partial charge in [0.25, 0.3) is 0 Å². The van der Waals surface area contributed by atoms with Crippen molar-refractivity contribution in [1.82, 2.24) is 0 Å². The maximum Gasteiger partial charge on any atom is 0.419 e. The second kappa shape index (κ2) is 6.55. The summed E-state index contributed by atoms with van der Waals surface area (Å²) in [6, 6.07) is 0. The molecule has 0 aliphatic heterocycles. The first kappa shape index (κ1) is 9.43. The predicted molar refractivity (Wildman–Crippen MR) is 38.9 cm³/mol. The van der Waals surface area contributed by atoms with Crippen LogP contribution in [0.15, 0.2) is 0 Å². The van der Waals surface area contributed by atoms with Crippen LogP contribution in [0, 0.1) is 0 Å². The zero-order chi connectivity index (χ0) is 7.82. The molecule has 2 N–H and O–H groups in total. The Morgan fingerprint density at radius 2 is 2.30 bits per heavy atom. The summed E-state index contributed by atoms with van der Waals surface area (Å²) in [7, 11) is 0. The Balaban J connectivity index is 3.04. The number of unbranched alkanes of at least 4 members (excludes halogenated alkanes) is 2. The first-order chi connectivity index (χ1) is 4.81. The molecule has 0 aromatic rings. The summed E-state index contributed by atoms with van der Waals surface area (Å²) >= 11 is 0. The maximum absolute atomic E-state index is 9.62. The third-order valence-electron chi connectivity index (χ3n) is 1.29. The molecule has 1 unspecified atom stereocenters. The second-order valence-corrected chi connectivity index (χ2v) is 2.24. The lowest BCUT2D eigenvalue weighted by molar-refractivity contribution is 0.170. The van der Waals surface area contributed by atoms with Gasteiger partial charge in [0.2, 0.25) is 0 Å². The zero-order valence-corrected chi connectivity index (χ0v) is 6.30. The Hall–Kier alpha value is -0.570. The molecule has 0 aromatic heterocycles. The van der Waals surface area contributed by atoms with Crippen molar-refractivity contribution in [1.29, 1.82) is 0 Å². The second-order valence-electron chi connectivity index (χ2n) is 2.24. The average Bonchev–Trinajstić information content (AvgIpc) is 1.89. The lowest BCUT2D eigenvalue weighted by Gasteiger charge is -2.06. The summed E-state index contributed by atoms with van der Waals surface area (Å²) in [5.74, 6) is 0. The molecule has 0 spiro atoms. The summed E-state index contributed by atoms with van der Waals surface area (Å²) in [6.07, 6.45) is 3.58. The van der Waals surface area contributed by atoms with E-state index in [1.807, 2.05) is 0 Å². The summed E-state index contributed by atoms with van der Waals surface area (Å²) in [5, 5.41) is 0. The first-order valence-electron chi connectivity index (χ1n) is 3.59. The molecule has 3 heteroatoms. The van der Waals surface area contributed by atoms with E-state index in [4.69, 9.17) is 5.73 Å². The van der Waals surface area contributed by atoms with Crippen LogP contribution in [-0.4, -0.2) is 12.7 Å². The fourth-order valence-electron chi connectivity index (χ4n) is 0.716. The number of carbonyl (C=O) groups excluding carboxylic acids is 1. The molecule has 0 amide bonds. The fourth-order valence-corrected chi connectivity index (χ4v) is 0.716. The van der Waals surface area contributed by atoms with Crippen LogP contribution < -0.4 is 5.73 Å². The molecule has 0 rings (SSSR count). The van der Waals surface area contributed by atoms with Crippen molar-refractivity contribution in [2.75, 3.05) is 0 Å². The molecular formula is C7H14NO2. The van der Waals surface area contributed by atoms with E-state index < -0.39 is 6.23 Å². The highest BCUT2D eigenvalue weighted by Gasteiger charge is 1.99. The fraction of sp³-hybridized carbons (Fsp3) is 0.857. The van der Waals surface area contributed by atoms with Gasteiger partial charge in [0.1, 0.15) is 0 Å². The molecule has 0 aromatic carbocycles. The van der Waals surface area contributed by atoms with E-state index in [1.165, 1.54) is 6.47 Å². The Morgan fingerprint density at radius 1 is 1.60 bits per heavy atom. The van der Waals surface area contributed by atoms with Gasteiger partial charge in [-0.15, -0.1) is 0 Å². The number of ether oxygens (including phenoxy) is 1.